The fraction of sp³-hybridized carbons (Fsp3) is 0.158. The van der Waals surface area contributed by atoms with Gasteiger partial charge in [-0.3, -0.25) is 0 Å². The summed E-state index contributed by atoms with van der Waals surface area (Å²) in [6, 6.07) is 12.1. The van der Waals surface area contributed by atoms with Crippen molar-refractivity contribution in [3.8, 4) is 16.9 Å². The van der Waals surface area contributed by atoms with Gasteiger partial charge < -0.3 is 14.6 Å². The van der Waals surface area contributed by atoms with E-state index < -0.39 is 11.9 Å². The normalized spacial score (nSPS) is 11.0. The van der Waals surface area contributed by atoms with Crippen molar-refractivity contribution in [2.24, 2.45) is 0 Å². The molecule has 0 atom stereocenters. The lowest BCUT2D eigenvalue weighted by molar-refractivity contribution is -0.134. The number of carboxylic acids is 1. The van der Waals surface area contributed by atoms with E-state index in [2.05, 4.69) is 4.74 Å². The third-order valence-electron chi connectivity index (χ3n) is 3.61. The summed E-state index contributed by atoms with van der Waals surface area (Å²) in [7, 11) is 2.87. The van der Waals surface area contributed by atoms with Crippen LogP contribution in [0.15, 0.2) is 48.5 Å². The Balaban J connectivity index is 2.55. The highest BCUT2D eigenvalue weighted by Gasteiger charge is 2.11. The third kappa shape index (κ3) is 3.81. The van der Waals surface area contributed by atoms with Gasteiger partial charge in [0.15, 0.2) is 0 Å². The Morgan fingerprint density at radius 1 is 1.04 bits per heavy atom. The van der Waals surface area contributed by atoms with Crippen LogP contribution in [0.4, 0.5) is 0 Å². The van der Waals surface area contributed by atoms with E-state index in [1.807, 2.05) is 18.2 Å². The molecule has 0 aromatic heterocycles. The summed E-state index contributed by atoms with van der Waals surface area (Å²) in [5, 5.41) is 9.16. The number of allylic oxidation sites excluding steroid dienone is 1. The first kappa shape index (κ1) is 17.3. The number of carbonyl (C=O) groups is 2. The highest BCUT2D eigenvalue weighted by atomic mass is 16.5. The van der Waals surface area contributed by atoms with Crippen LogP contribution in [0, 0.1) is 0 Å². The molecule has 1 N–H and O–H groups in total. The zero-order chi connectivity index (χ0) is 17.7. The number of hydrogen-bond acceptors (Lipinski definition) is 4. The molecule has 0 aliphatic carbocycles. The SMILES string of the molecule is COC(=O)/C=C(\C)c1ccc(OC)c(-c2cccc(C(=O)O)c2)c1. The number of methoxy groups -OCH3 is 2. The summed E-state index contributed by atoms with van der Waals surface area (Å²) in [6.07, 6.45) is 1.40. The zero-order valence-corrected chi connectivity index (χ0v) is 13.7. The minimum Gasteiger partial charge on any atom is -0.496 e. The van der Waals surface area contributed by atoms with Crippen LogP contribution < -0.4 is 4.74 Å². The Morgan fingerprint density at radius 2 is 1.79 bits per heavy atom. The molecule has 0 bridgehead atoms. The van der Waals surface area contributed by atoms with Crippen molar-refractivity contribution in [1.82, 2.24) is 0 Å². The van der Waals surface area contributed by atoms with Crippen LogP contribution in [0.25, 0.3) is 16.7 Å². The molecule has 5 heteroatoms. The van der Waals surface area contributed by atoms with E-state index in [1.165, 1.54) is 19.3 Å². The van der Waals surface area contributed by atoms with E-state index >= 15 is 0 Å². The maximum Gasteiger partial charge on any atom is 0.335 e. The molecule has 24 heavy (non-hydrogen) atoms. The van der Waals surface area contributed by atoms with Crippen molar-refractivity contribution in [1.29, 1.82) is 0 Å². The van der Waals surface area contributed by atoms with Crippen molar-refractivity contribution in [2.75, 3.05) is 14.2 Å². The molecule has 0 spiro atoms. The summed E-state index contributed by atoms with van der Waals surface area (Å²) in [6.45, 7) is 1.80. The molecule has 0 fully saturated rings. The van der Waals surface area contributed by atoms with Gasteiger partial charge in [-0.15, -0.1) is 0 Å². The molecule has 124 valence electrons. The monoisotopic (exact) mass is 326 g/mol. The van der Waals surface area contributed by atoms with Crippen LogP contribution in [0.2, 0.25) is 0 Å². The number of carboxylic acid groups (broad SMARTS) is 1. The number of esters is 1. The summed E-state index contributed by atoms with van der Waals surface area (Å²) in [5.74, 6) is -0.807. The lowest BCUT2D eigenvalue weighted by atomic mass is 9.97. The second kappa shape index (κ2) is 7.46. The average Bonchev–Trinajstić information content (AvgIpc) is 2.60. The third-order valence-corrected chi connectivity index (χ3v) is 3.61. The Labute approximate surface area is 140 Å². The van der Waals surface area contributed by atoms with Gasteiger partial charge >= 0.3 is 11.9 Å². The van der Waals surface area contributed by atoms with Crippen LogP contribution in [0.3, 0.4) is 0 Å². The predicted octanol–water partition coefficient (Wildman–Crippen LogP) is 3.64. The smallest absolute Gasteiger partial charge is 0.335 e. The fourth-order valence-corrected chi connectivity index (χ4v) is 2.32. The molecule has 2 aromatic rings. The topological polar surface area (TPSA) is 72.8 Å². The molecule has 0 heterocycles. The number of rotatable bonds is 5. The van der Waals surface area contributed by atoms with Crippen molar-refractivity contribution >= 4 is 17.5 Å². The van der Waals surface area contributed by atoms with Gasteiger partial charge in [-0.25, -0.2) is 9.59 Å². The minimum atomic E-state index is -0.992. The van der Waals surface area contributed by atoms with E-state index in [9.17, 15) is 9.59 Å². The van der Waals surface area contributed by atoms with E-state index in [0.29, 0.717) is 5.75 Å². The van der Waals surface area contributed by atoms with Gasteiger partial charge in [0.25, 0.3) is 0 Å². The molecule has 0 amide bonds. The highest BCUT2D eigenvalue weighted by Crippen LogP contribution is 2.33. The minimum absolute atomic E-state index is 0.196. The highest BCUT2D eigenvalue weighted by molar-refractivity contribution is 5.92. The zero-order valence-electron chi connectivity index (χ0n) is 13.7. The Bertz CT molecular complexity index is 805. The van der Waals surface area contributed by atoms with Crippen molar-refractivity contribution in [2.45, 2.75) is 6.92 Å². The van der Waals surface area contributed by atoms with Crippen molar-refractivity contribution < 1.29 is 24.2 Å². The molecule has 0 saturated carbocycles. The first-order valence-electron chi connectivity index (χ1n) is 7.24. The molecule has 0 aliphatic rings. The maximum atomic E-state index is 11.4. The number of aromatic carboxylic acids is 1. The predicted molar refractivity (Wildman–Crippen MR) is 91.1 cm³/mol. The average molecular weight is 326 g/mol. The molecular weight excluding hydrogens is 308 g/mol. The quantitative estimate of drug-likeness (QED) is 0.671. The fourth-order valence-electron chi connectivity index (χ4n) is 2.32. The van der Waals surface area contributed by atoms with Crippen LogP contribution in [-0.2, 0) is 9.53 Å². The van der Waals surface area contributed by atoms with Crippen molar-refractivity contribution in [3.63, 3.8) is 0 Å². The second-order valence-electron chi connectivity index (χ2n) is 5.15. The summed E-state index contributed by atoms with van der Waals surface area (Å²) in [5.41, 5.74) is 3.22. The Morgan fingerprint density at radius 3 is 2.42 bits per heavy atom. The standard InChI is InChI=1S/C19H18O5/c1-12(9-18(20)24-3)13-7-8-17(23-2)16(11-13)14-5-4-6-15(10-14)19(21)22/h4-11H,1-3H3,(H,21,22)/b12-9+. The van der Waals surface area contributed by atoms with Gasteiger partial charge in [0.05, 0.1) is 19.8 Å². The number of carbonyl (C=O) groups excluding carboxylic acids is 1. The molecule has 0 saturated heterocycles. The Hall–Kier alpha value is -3.08. The van der Waals surface area contributed by atoms with Crippen LogP contribution in [0.1, 0.15) is 22.8 Å². The van der Waals surface area contributed by atoms with Crippen LogP contribution in [-0.4, -0.2) is 31.3 Å². The first-order chi connectivity index (χ1) is 11.5. The van der Waals surface area contributed by atoms with Gasteiger partial charge in [-0.1, -0.05) is 18.2 Å². The molecule has 0 aliphatic heterocycles. The summed E-state index contributed by atoms with van der Waals surface area (Å²) in [4.78, 5) is 22.6. The van der Waals surface area contributed by atoms with E-state index in [0.717, 1.165) is 22.3 Å². The molecular formula is C19H18O5. The van der Waals surface area contributed by atoms with Gasteiger partial charge in [0.2, 0.25) is 0 Å². The lowest BCUT2D eigenvalue weighted by Crippen LogP contribution is -1.98. The van der Waals surface area contributed by atoms with Gasteiger partial charge in [-0.2, -0.15) is 0 Å². The van der Waals surface area contributed by atoms with E-state index in [1.54, 1.807) is 32.2 Å². The van der Waals surface area contributed by atoms with E-state index in [4.69, 9.17) is 9.84 Å². The largest absolute Gasteiger partial charge is 0.496 e. The molecule has 0 radical (unpaired) electrons. The van der Waals surface area contributed by atoms with Crippen LogP contribution >= 0.6 is 0 Å². The van der Waals surface area contributed by atoms with Crippen molar-refractivity contribution in [3.05, 3.63) is 59.7 Å². The summed E-state index contributed by atoms with van der Waals surface area (Å²) < 4.78 is 10.0. The molecule has 5 nitrogen and oxygen atoms in total. The van der Waals surface area contributed by atoms with Crippen LogP contribution in [0.5, 0.6) is 5.75 Å². The lowest BCUT2D eigenvalue weighted by Gasteiger charge is -2.12. The number of ether oxygens (including phenoxy) is 2. The summed E-state index contributed by atoms with van der Waals surface area (Å²) >= 11 is 0. The van der Waals surface area contributed by atoms with E-state index in [-0.39, 0.29) is 5.56 Å². The molecule has 2 aromatic carbocycles. The first-order valence-corrected chi connectivity index (χ1v) is 7.24. The second-order valence-corrected chi connectivity index (χ2v) is 5.15. The molecule has 2 rings (SSSR count). The molecule has 0 unspecified atom stereocenters. The number of hydrogen-bond donors (Lipinski definition) is 1. The maximum absolute atomic E-state index is 11.4. The van der Waals surface area contributed by atoms with Gasteiger partial charge in [0, 0.05) is 11.6 Å². The van der Waals surface area contributed by atoms with Gasteiger partial charge in [0.1, 0.15) is 5.75 Å². The number of benzene rings is 2. The Kier molecular flexibility index (Phi) is 5.37. The van der Waals surface area contributed by atoms with Gasteiger partial charge in [-0.05, 0) is 47.9 Å².